The van der Waals surface area contributed by atoms with Gasteiger partial charge in [-0.1, -0.05) is 0 Å². The van der Waals surface area contributed by atoms with Crippen LogP contribution in [0, 0.1) is 6.92 Å². The summed E-state index contributed by atoms with van der Waals surface area (Å²) >= 11 is 1.59. The molecule has 5 heteroatoms. The van der Waals surface area contributed by atoms with Crippen molar-refractivity contribution < 1.29 is 4.79 Å². The molecule has 1 saturated heterocycles. The molecule has 104 valence electrons. The van der Waals surface area contributed by atoms with Crippen LogP contribution in [0.25, 0.3) is 0 Å². The lowest BCUT2D eigenvalue weighted by atomic mass is 10.2. The Balaban J connectivity index is 1.84. The highest BCUT2D eigenvalue weighted by atomic mass is 32.2. The van der Waals surface area contributed by atoms with E-state index in [1.165, 1.54) is 0 Å². The Bertz CT molecular complexity index is 456. The molecule has 2 rings (SSSR count). The van der Waals surface area contributed by atoms with Gasteiger partial charge in [0.05, 0.1) is 5.75 Å². The maximum atomic E-state index is 12.1. The number of amides is 1. The maximum absolute atomic E-state index is 12.1. The van der Waals surface area contributed by atoms with E-state index in [0.29, 0.717) is 5.75 Å². The topological polar surface area (TPSA) is 49.6 Å². The molecule has 0 spiro atoms. The van der Waals surface area contributed by atoms with Crippen LogP contribution in [-0.2, 0) is 4.79 Å². The van der Waals surface area contributed by atoms with Gasteiger partial charge >= 0.3 is 0 Å². The van der Waals surface area contributed by atoms with Crippen molar-refractivity contribution in [3.05, 3.63) is 23.8 Å². The van der Waals surface area contributed by atoms with Gasteiger partial charge < -0.3 is 15.5 Å². The van der Waals surface area contributed by atoms with Crippen molar-refractivity contribution in [2.45, 2.75) is 11.8 Å². The van der Waals surface area contributed by atoms with Gasteiger partial charge in [0.25, 0.3) is 0 Å². The number of piperazine rings is 1. The van der Waals surface area contributed by atoms with Crippen molar-refractivity contribution >= 4 is 23.4 Å². The number of likely N-dealkylation sites (N-methyl/N-ethyl adjacent to an activating group) is 1. The average Bonchev–Trinajstić information content (AvgIpc) is 2.40. The second kappa shape index (κ2) is 6.30. The first-order valence-electron chi connectivity index (χ1n) is 6.51. The molecule has 1 aromatic rings. The first-order valence-corrected chi connectivity index (χ1v) is 7.50. The Labute approximate surface area is 118 Å². The van der Waals surface area contributed by atoms with E-state index in [0.717, 1.165) is 42.3 Å². The number of nitrogen functional groups attached to an aromatic ring is 1. The van der Waals surface area contributed by atoms with Crippen molar-refractivity contribution in [2.24, 2.45) is 0 Å². The van der Waals surface area contributed by atoms with Crippen LogP contribution in [0.5, 0.6) is 0 Å². The third kappa shape index (κ3) is 3.88. The van der Waals surface area contributed by atoms with Gasteiger partial charge in [0.2, 0.25) is 5.91 Å². The number of carbonyl (C=O) groups excluding carboxylic acids is 1. The van der Waals surface area contributed by atoms with Crippen LogP contribution in [0.1, 0.15) is 5.56 Å². The molecule has 1 aliphatic rings. The van der Waals surface area contributed by atoms with E-state index in [-0.39, 0.29) is 5.91 Å². The Kier molecular flexibility index (Phi) is 4.71. The summed E-state index contributed by atoms with van der Waals surface area (Å²) in [5.41, 5.74) is 7.65. The highest BCUT2D eigenvalue weighted by Gasteiger charge is 2.18. The number of anilines is 1. The monoisotopic (exact) mass is 279 g/mol. The van der Waals surface area contributed by atoms with Crippen LogP contribution >= 0.6 is 11.8 Å². The van der Waals surface area contributed by atoms with Crippen molar-refractivity contribution in [1.82, 2.24) is 9.80 Å². The molecule has 1 amide bonds. The molecule has 1 heterocycles. The number of hydrogen-bond acceptors (Lipinski definition) is 4. The fourth-order valence-corrected chi connectivity index (χ4v) is 2.93. The van der Waals surface area contributed by atoms with Crippen LogP contribution in [0.15, 0.2) is 23.1 Å². The van der Waals surface area contributed by atoms with Gasteiger partial charge in [-0.25, -0.2) is 0 Å². The molecule has 0 radical (unpaired) electrons. The molecule has 0 aromatic heterocycles. The number of carbonyl (C=O) groups is 1. The van der Waals surface area contributed by atoms with E-state index in [1.807, 2.05) is 30.0 Å². The van der Waals surface area contributed by atoms with Gasteiger partial charge in [0, 0.05) is 36.8 Å². The fourth-order valence-electron chi connectivity index (χ4n) is 2.03. The van der Waals surface area contributed by atoms with E-state index >= 15 is 0 Å². The van der Waals surface area contributed by atoms with Gasteiger partial charge in [-0.3, -0.25) is 4.79 Å². The van der Waals surface area contributed by atoms with Gasteiger partial charge in [0.15, 0.2) is 0 Å². The Morgan fingerprint density at radius 1 is 1.32 bits per heavy atom. The number of nitrogens with zero attached hydrogens (tertiary/aromatic N) is 2. The summed E-state index contributed by atoms with van der Waals surface area (Å²) in [6, 6.07) is 5.92. The molecule has 0 saturated carbocycles. The van der Waals surface area contributed by atoms with Crippen molar-refractivity contribution in [1.29, 1.82) is 0 Å². The molecular weight excluding hydrogens is 258 g/mol. The van der Waals surface area contributed by atoms with E-state index in [4.69, 9.17) is 5.73 Å². The van der Waals surface area contributed by atoms with Crippen molar-refractivity contribution in [3.63, 3.8) is 0 Å². The van der Waals surface area contributed by atoms with E-state index in [9.17, 15) is 4.79 Å². The van der Waals surface area contributed by atoms with E-state index < -0.39 is 0 Å². The van der Waals surface area contributed by atoms with Crippen LogP contribution in [-0.4, -0.2) is 54.7 Å². The van der Waals surface area contributed by atoms with Crippen molar-refractivity contribution in [2.75, 3.05) is 44.7 Å². The van der Waals surface area contributed by atoms with Gasteiger partial charge in [-0.15, -0.1) is 11.8 Å². The highest BCUT2D eigenvalue weighted by Crippen LogP contribution is 2.22. The molecular formula is C14H21N3OS. The normalized spacial score (nSPS) is 16.6. The number of benzene rings is 1. The number of nitrogens with two attached hydrogens (primary N) is 1. The summed E-state index contributed by atoms with van der Waals surface area (Å²) in [7, 11) is 2.09. The molecule has 0 bridgehead atoms. The second-order valence-corrected chi connectivity index (χ2v) is 6.04. The maximum Gasteiger partial charge on any atom is 0.233 e. The zero-order valence-corrected chi connectivity index (χ0v) is 12.4. The quantitative estimate of drug-likeness (QED) is 0.672. The molecule has 0 atom stereocenters. The molecule has 4 nitrogen and oxygen atoms in total. The number of hydrogen-bond donors (Lipinski definition) is 1. The third-order valence-corrected chi connectivity index (χ3v) is 4.44. The SMILES string of the molecule is Cc1cc(SCC(=O)N2CCN(C)CC2)ccc1N. The minimum Gasteiger partial charge on any atom is -0.399 e. The molecule has 1 aliphatic heterocycles. The predicted octanol–water partition coefficient (Wildman–Crippen LogP) is 1.44. The largest absolute Gasteiger partial charge is 0.399 e. The van der Waals surface area contributed by atoms with Crippen LogP contribution < -0.4 is 5.73 Å². The predicted molar refractivity (Wildman–Crippen MR) is 80.4 cm³/mol. The molecule has 0 unspecified atom stereocenters. The van der Waals surface area contributed by atoms with Gasteiger partial charge in [-0.05, 0) is 37.7 Å². The van der Waals surface area contributed by atoms with Crippen LogP contribution in [0.3, 0.4) is 0 Å². The van der Waals surface area contributed by atoms with Gasteiger partial charge in [-0.2, -0.15) is 0 Å². The smallest absolute Gasteiger partial charge is 0.233 e. The summed E-state index contributed by atoms with van der Waals surface area (Å²) in [6.45, 7) is 5.61. The van der Waals surface area contributed by atoms with E-state index in [2.05, 4.69) is 11.9 Å². The third-order valence-electron chi connectivity index (χ3n) is 3.46. The zero-order valence-electron chi connectivity index (χ0n) is 11.6. The second-order valence-electron chi connectivity index (χ2n) is 4.99. The Morgan fingerprint density at radius 2 is 2.00 bits per heavy atom. The summed E-state index contributed by atoms with van der Waals surface area (Å²) in [4.78, 5) is 17.4. The molecule has 0 aliphatic carbocycles. The zero-order chi connectivity index (χ0) is 13.8. The lowest BCUT2D eigenvalue weighted by molar-refractivity contribution is -0.129. The number of thioether (sulfide) groups is 1. The fraction of sp³-hybridized carbons (Fsp3) is 0.500. The van der Waals surface area contributed by atoms with Crippen LogP contribution in [0.2, 0.25) is 0 Å². The minimum atomic E-state index is 0.229. The first kappa shape index (κ1) is 14.2. The molecule has 1 aromatic carbocycles. The Hall–Kier alpha value is -1.20. The lowest BCUT2D eigenvalue weighted by Gasteiger charge is -2.32. The van der Waals surface area contributed by atoms with E-state index in [1.54, 1.807) is 11.8 Å². The van der Waals surface area contributed by atoms with Crippen molar-refractivity contribution in [3.8, 4) is 0 Å². The van der Waals surface area contributed by atoms with Gasteiger partial charge in [0.1, 0.15) is 0 Å². The lowest BCUT2D eigenvalue weighted by Crippen LogP contribution is -2.47. The molecule has 19 heavy (non-hydrogen) atoms. The summed E-state index contributed by atoms with van der Waals surface area (Å²) in [6.07, 6.45) is 0. The Morgan fingerprint density at radius 3 is 2.63 bits per heavy atom. The minimum absolute atomic E-state index is 0.229. The number of aryl methyl sites for hydroxylation is 1. The molecule has 2 N–H and O–H groups in total. The standard InChI is InChI=1S/C14H21N3OS/c1-11-9-12(3-4-13(11)15)19-10-14(18)17-7-5-16(2)6-8-17/h3-4,9H,5-8,10,15H2,1-2H3. The summed E-state index contributed by atoms with van der Waals surface area (Å²) < 4.78 is 0. The van der Waals surface area contributed by atoms with Crippen LogP contribution in [0.4, 0.5) is 5.69 Å². The first-order chi connectivity index (χ1) is 9.06. The number of rotatable bonds is 3. The summed E-state index contributed by atoms with van der Waals surface area (Å²) in [5.74, 6) is 0.736. The highest BCUT2D eigenvalue weighted by molar-refractivity contribution is 8.00. The molecule has 1 fully saturated rings. The summed E-state index contributed by atoms with van der Waals surface area (Å²) in [5, 5.41) is 0. The average molecular weight is 279 g/mol.